The van der Waals surface area contributed by atoms with Crippen LogP contribution in [0, 0.1) is 10.1 Å². The van der Waals surface area contributed by atoms with Gasteiger partial charge in [-0.15, -0.1) is 0 Å². The van der Waals surface area contributed by atoms with Crippen LogP contribution in [0.2, 0.25) is 0 Å². The molecule has 2 heterocycles. The lowest BCUT2D eigenvalue weighted by Crippen LogP contribution is -1.86. The van der Waals surface area contributed by atoms with Gasteiger partial charge in [0.1, 0.15) is 10.7 Å². The predicted octanol–water partition coefficient (Wildman–Crippen LogP) is 3.30. The predicted molar refractivity (Wildman–Crippen MR) is 73.8 cm³/mol. The van der Waals surface area contributed by atoms with Gasteiger partial charge >= 0.3 is 5.88 Å². The van der Waals surface area contributed by atoms with E-state index in [1.807, 2.05) is 24.3 Å². The number of para-hydroxylation sites is 2. The highest BCUT2D eigenvalue weighted by Gasteiger charge is 2.09. The van der Waals surface area contributed by atoms with E-state index in [4.69, 9.17) is 4.42 Å². The summed E-state index contributed by atoms with van der Waals surface area (Å²) in [6.45, 7) is 0. The Labute approximate surface area is 113 Å². The molecular weight excluding hydrogens is 258 g/mol. The van der Waals surface area contributed by atoms with Gasteiger partial charge in [-0.05, 0) is 30.4 Å². The third kappa shape index (κ3) is 2.39. The second-order valence-corrected chi connectivity index (χ2v) is 4.05. The molecular formula is C14H9N3O3. The first kappa shape index (κ1) is 12.0. The maximum atomic E-state index is 10.5. The molecule has 0 spiro atoms. The van der Waals surface area contributed by atoms with Crippen LogP contribution in [-0.4, -0.2) is 14.9 Å². The summed E-state index contributed by atoms with van der Waals surface area (Å²) in [4.78, 5) is 18.6. The van der Waals surface area contributed by atoms with Crippen molar-refractivity contribution in [3.05, 3.63) is 64.2 Å². The van der Waals surface area contributed by atoms with Gasteiger partial charge in [0.2, 0.25) is 0 Å². The molecule has 0 N–H and O–H groups in total. The molecule has 3 aromatic rings. The van der Waals surface area contributed by atoms with E-state index in [0.717, 1.165) is 11.0 Å². The average molecular weight is 267 g/mol. The molecule has 0 aliphatic rings. The van der Waals surface area contributed by atoms with Crippen molar-refractivity contribution in [2.24, 2.45) is 0 Å². The zero-order chi connectivity index (χ0) is 13.9. The number of benzene rings is 1. The molecule has 0 saturated carbocycles. The van der Waals surface area contributed by atoms with Gasteiger partial charge in [-0.2, -0.15) is 0 Å². The lowest BCUT2D eigenvalue weighted by atomic mass is 10.3. The smallest absolute Gasteiger partial charge is 0.401 e. The lowest BCUT2D eigenvalue weighted by molar-refractivity contribution is -0.402. The van der Waals surface area contributed by atoms with E-state index in [0.29, 0.717) is 11.5 Å². The van der Waals surface area contributed by atoms with Crippen LogP contribution in [0.3, 0.4) is 0 Å². The van der Waals surface area contributed by atoms with Gasteiger partial charge in [0.15, 0.2) is 0 Å². The third-order valence-corrected chi connectivity index (χ3v) is 2.68. The molecule has 0 unspecified atom stereocenters. The van der Waals surface area contributed by atoms with E-state index in [1.165, 1.54) is 12.1 Å². The second-order valence-electron chi connectivity index (χ2n) is 4.05. The van der Waals surface area contributed by atoms with Crippen LogP contribution in [0.15, 0.2) is 47.0 Å². The van der Waals surface area contributed by atoms with Crippen molar-refractivity contribution in [1.82, 2.24) is 9.97 Å². The van der Waals surface area contributed by atoms with Crippen LogP contribution in [0.1, 0.15) is 11.5 Å². The van der Waals surface area contributed by atoms with Crippen LogP contribution >= 0.6 is 0 Å². The molecule has 98 valence electrons. The molecule has 0 radical (unpaired) electrons. The quantitative estimate of drug-likeness (QED) is 0.537. The van der Waals surface area contributed by atoms with Crippen LogP contribution < -0.4 is 0 Å². The highest BCUT2D eigenvalue weighted by molar-refractivity contribution is 5.76. The maximum absolute atomic E-state index is 10.5. The largest absolute Gasteiger partial charge is 0.433 e. The molecule has 3 rings (SSSR count). The Morgan fingerprint density at radius 3 is 2.65 bits per heavy atom. The molecule has 0 aliphatic carbocycles. The Bertz CT molecular complexity index is 808. The number of aromatic nitrogens is 2. The fourth-order valence-electron chi connectivity index (χ4n) is 1.75. The van der Waals surface area contributed by atoms with Crippen molar-refractivity contribution in [3.63, 3.8) is 0 Å². The number of nitrogens with zero attached hydrogens (tertiary/aromatic N) is 3. The van der Waals surface area contributed by atoms with Gasteiger partial charge in [-0.3, -0.25) is 15.1 Å². The van der Waals surface area contributed by atoms with Crippen LogP contribution in [-0.2, 0) is 0 Å². The van der Waals surface area contributed by atoms with Crippen molar-refractivity contribution in [2.75, 3.05) is 0 Å². The second kappa shape index (κ2) is 4.93. The van der Waals surface area contributed by atoms with Gasteiger partial charge in [0.25, 0.3) is 0 Å². The summed E-state index contributed by atoms with van der Waals surface area (Å²) < 4.78 is 5.02. The molecule has 6 heteroatoms. The molecule has 0 atom stereocenters. The third-order valence-electron chi connectivity index (χ3n) is 2.68. The minimum atomic E-state index is -0.576. The molecule has 0 amide bonds. The number of rotatable bonds is 3. The van der Waals surface area contributed by atoms with Crippen molar-refractivity contribution >= 4 is 29.1 Å². The zero-order valence-electron chi connectivity index (χ0n) is 10.3. The van der Waals surface area contributed by atoms with E-state index in [1.54, 1.807) is 18.3 Å². The number of hydrogen-bond donors (Lipinski definition) is 0. The highest BCUT2D eigenvalue weighted by atomic mass is 16.6. The van der Waals surface area contributed by atoms with E-state index >= 15 is 0 Å². The SMILES string of the molecule is O=[N+]([O-])c1ccc(C=Cc2cnc3ccccc3n2)o1. The summed E-state index contributed by atoms with van der Waals surface area (Å²) in [6, 6.07) is 10.4. The Hall–Kier alpha value is -3.02. The Morgan fingerprint density at radius 2 is 1.90 bits per heavy atom. The van der Waals surface area contributed by atoms with Gasteiger partial charge in [0.05, 0.1) is 29.0 Å². The molecule has 1 aromatic carbocycles. The molecule has 0 saturated heterocycles. The maximum Gasteiger partial charge on any atom is 0.433 e. The molecule has 0 fully saturated rings. The van der Waals surface area contributed by atoms with E-state index in [9.17, 15) is 10.1 Å². The van der Waals surface area contributed by atoms with Crippen LogP contribution in [0.4, 0.5) is 5.88 Å². The summed E-state index contributed by atoms with van der Waals surface area (Å²) in [6.07, 6.45) is 4.95. The molecule has 0 aliphatic heterocycles. The van der Waals surface area contributed by atoms with E-state index in [-0.39, 0.29) is 5.88 Å². The van der Waals surface area contributed by atoms with Crippen LogP contribution in [0.5, 0.6) is 0 Å². The first-order valence-electron chi connectivity index (χ1n) is 5.86. The lowest BCUT2D eigenvalue weighted by Gasteiger charge is -1.96. The van der Waals surface area contributed by atoms with Gasteiger partial charge in [-0.25, -0.2) is 4.98 Å². The van der Waals surface area contributed by atoms with Crippen molar-refractivity contribution in [1.29, 1.82) is 0 Å². The topological polar surface area (TPSA) is 82.1 Å². The van der Waals surface area contributed by atoms with Crippen molar-refractivity contribution in [2.45, 2.75) is 0 Å². The molecule has 2 aromatic heterocycles. The van der Waals surface area contributed by atoms with Crippen LogP contribution in [0.25, 0.3) is 23.2 Å². The number of hydrogen-bond acceptors (Lipinski definition) is 5. The minimum absolute atomic E-state index is 0.283. The van der Waals surface area contributed by atoms with Crippen molar-refractivity contribution in [3.8, 4) is 0 Å². The van der Waals surface area contributed by atoms with Gasteiger partial charge in [-0.1, -0.05) is 12.1 Å². The summed E-state index contributed by atoms with van der Waals surface area (Å²) in [5, 5.41) is 10.5. The summed E-state index contributed by atoms with van der Waals surface area (Å²) >= 11 is 0. The first-order chi connectivity index (χ1) is 9.72. The summed E-state index contributed by atoms with van der Waals surface area (Å²) in [7, 11) is 0. The Balaban J connectivity index is 1.87. The average Bonchev–Trinajstić information content (AvgIpc) is 2.94. The number of fused-ring (bicyclic) bond motifs is 1. The number of nitro groups is 1. The monoisotopic (exact) mass is 267 g/mol. The Morgan fingerprint density at radius 1 is 1.10 bits per heavy atom. The molecule has 0 bridgehead atoms. The standard InChI is InChI=1S/C14H9N3O3/c18-17(19)14-8-7-11(20-14)6-5-10-9-15-12-3-1-2-4-13(12)16-10/h1-9H. The summed E-state index contributed by atoms with van der Waals surface area (Å²) in [5.74, 6) is 0.112. The fourth-order valence-corrected chi connectivity index (χ4v) is 1.75. The summed E-state index contributed by atoms with van der Waals surface area (Å²) in [5.41, 5.74) is 2.26. The van der Waals surface area contributed by atoms with E-state index in [2.05, 4.69) is 9.97 Å². The highest BCUT2D eigenvalue weighted by Crippen LogP contribution is 2.18. The van der Waals surface area contributed by atoms with Crippen molar-refractivity contribution < 1.29 is 9.34 Å². The Kier molecular flexibility index (Phi) is 2.96. The zero-order valence-corrected chi connectivity index (χ0v) is 10.3. The molecule has 6 nitrogen and oxygen atoms in total. The normalized spacial score (nSPS) is 11.2. The van der Waals surface area contributed by atoms with E-state index < -0.39 is 4.92 Å². The minimum Gasteiger partial charge on any atom is -0.401 e. The van der Waals surface area contributed by atoms with Gasteiger partial charge < -0.3 is 4.42 Å². The fraction of sp³-hybridized carbons (Fsp3) is 0. The molecule has 20 heavy (non-hydrogen) atoms. The number of furan rings is 1. The van der Waals surface area contributed by atoms with Gasteiger partial charge in [0, 0.05) is 0 Å². The first-order valence-corrected chi connectivity index (χ1v) is 5.86.